The van der Waals surface area contributed by atoms with E-state index in [1.807, 2.05) is 0 Å². The van der Waals surface area contributed by atoms with Crippen LogP contribution < -0.4 is 0 Å². The van der Waals surface area contributed by atoms with Crippen LogP contribution in [0.15, 0.2) is 35.6 Å². The van der Waals surface area contributed by atoms with Gasteiger partial charge >= 0.3 is 11.9 Å². The Morgan fingerprint density at radius 3 is 2.79 bits per heavy atom. The fourth-order valence-corrected chi connectivity index (χ4v) is 4.01. The van der Waals surface area contributed by atoms with E-state index in [1.165, 1.54) is 13.2 Å². The van der Waals surface area contributed by atoms with Crippen molar-refractivity contribution < 1.29 is 33.3 Å². The first-order chi connectivity index (χ1) is 13.2. The zero-order valence-corrected chi connectivity index (χ0v) is 16.7. The first-order valence-electron chi connectivity index (χ1n) is 9.36. The molecule has 0 unspecified atom stereocenters. The van der Waals surface area contributed by atoms with Gasteiger partial charge in [0.2, 0.25) is 5.78 Å². The summed E-state index contributed by atoms with van der Waals surface area (Å²) in [5.74, 6) is -1.77. The smallest absolute Gasteiger partial charge is 0.333 e. The van der Waals surface area contributed by atoms with E-state index < -0.39 is 41.6 Å². The largest absolute Gasteiger partial charge is 0.479 e. The number of hydrogen-bond acceptors (Lipinski definition) is 7. The molecule has 2 saturated heterocycles. The number of methoxy groups -OCH3 is 1. The predicted molar refractivity (Wildman–Crippen MR) is 99.0 cm³/mol. The molecule has 0 N–H and O–H groups in total. The molecule has 0 saturated carbocycles. The highest BCUT2D eigenvalue weighted by Gasteiger charge is 2.55. The second-order valence-corrected chi connectivity index (χ2v) is 7.75. The Kier molecular flexibility index (Phi) is 5.48. The standard InChI is InChI=1S/C21H26O7/c1-6-11(2)19(23)27-16-9-21(4)17(22)8-14(28-21)12(3)7-15-18(16)13(10-25-5)20(24)26-15/h6,8,13,15-16,18H,3,7,9-10H2,1-2,4-5H3/b11-6-/t13-,15+,16+,18+,21-/m1/s1. The zero-order valence-electron chi connectivity index (χ0n) is 16.7. The van der Waals surface area contributed by atoms with Gasteiger partial charge in [-0.05, 0) is 26.3 Å². The highest BCUT2D eigenvalue weighted by molar-refractivity contribution is 6.00. The lowest BCUT2D eigenvalue weighted by Crippen LogP contribution is -2.45. The number of hydrogen-bond donors (Lipinski definition) is 0. The van der Waals surface area contributed by atoms with Crippen LogP contribution >= 0.6 is 0 Å². The molecule has 0 radical (unpaired) electrons. The molecule has 2 bridgehead atoms. The molecule has 28 heavy (non-hydrogen) atoms. The molecular formula is C21H26O7. The van der Waals surface area contributed by atoms with Crippen molar-refractivity contribution in [1.29, 1.82) is 0 Å². The predicted octanol–water partition coefficient (Wildman–Crippen LogP) is 2.26. The molecule has 0 aliphatic carbocycles. The van der Waals surface area contributed by atoms with Crippen molar-refractivity contribution in [2.45, 2.75) is 51.4 Å². The third-order valence-corrected chi connectivity index (χ3v) is 5.76. The maximum atomic E-state index is 12.6. The zero-order chi connectivity index (χ0) is 20.6. The summed E-state index contributed by atoms with van der Waals surface area (Å²) in [5, 5.41) is 0. The summed E-state index contributed by atoms with van der Waals surface area (Å²) in [6.45, 7) is 9.19. The second kappa shape index (κ2) is 7.54. The molecule has 0 amide bonds. The fourth-order valence-electron chi connectivity index (χ4n) is 4.01. The van der Waals surface area contributed by atoms with E-state index in [0.717, 1.165) is 0 Å². The van der Waals surface area contributed by atoms with Gasteiger partial charge in [0, 0.05) is 37.5 Å². The van der Waals surface area contributed by atoms with Crippen LogP contribution in [0.25, 0.3) is 0 Å². The minimum Gasteiger partial charge on any atom is -0.479 e. The van der Waals surface area contributed by atoms with Gasteiger partial charge in [0.15, 0.2) is 5.60 Å². The topological polar surface area (TPSA) is 88.1 Å². The number of carbonyl (C=O) groups excluding carboxylic acids is 3. The summed E-state index contributed by atoms with van der Waals surface area (Å²) >= 11 is 0. The molecule has 0 aromatic rings. The molecular weight excluding hydrogens is 364 g/mol. The van der Waals surface area contributed by atoms with Gasteiger partial charge in [0.05, 0.1) is 12.5 Å². The molecule has 3 aliphatic rings. The summed E-state index contributed by atoms with van der Waals surface area (Å²) in [4.78, 5) is 37.6. The third kappa shape index (κ3) is 3.51. The number of esters is 2. The molecule has 2 fully saturated rings. The van der Waals surface area contributed by atoms with Gasteiger partial charge in [-0.15, -0.1) is 0 Å². The highest BCUT2D eigenvalue weighted by atomic mass is 16.6. The summed E-state index contributed by atoms with van der Waals surface area (Å²) in [6, 6.07) is 0. The van der Waals surface area contributed by atoms with Crippen LogP contribution in [-0.2, 0) is 33.3 Å². The maximum absolute atomic E-state index is 12.6. The van der Waals surface area contributed by atoms with Crippen molar-refractivity contribution in [3.63, 3.8) is 0 Å². The summed E-state index contributed by atoms with van der Waals surface area (Å²) in [7, 11) is 1.50. The average Bonchev–Trinajstić information content (AvgIpc) is 3.11. The highest BCUT2D eigenvalue weighted by Crippen LogP contribution is 2.44. The van der Waals surface area contributed by atoms with Gasteiger partial charge < -0.3 is 18.9 Å². The number of fused-ring (bicyclic) bond motifs is 3. The van der Waals surface area contributed by atoms with Crippen LogP contribution in [0.4, 0.5) is 0 Å². The Morgan fingerprint density at radius 2 is 2.14 bits per heavy atom. The monoisotopic (exact) mass is 390 g/mol. The normalized spacial score (nSPS) is 35.2. The molecule has 0 spiro atoms. The van der Waals surface area contributed by atoms with Crippen molar-refractivity contribution in [2.75, 3.05) is 13.7 Å². The van der Waals surface area contributed by atoms with Crippen molar-refractivity contribution >= 4 is 17.7 Å². The molecule has 3 aliphatic heterocycles. The lowest BCUT2D eigenvalue weighted by atomic mass is 9.78. The summed E-state index contributed by atoms with van der Waals surface area (Å²) < 4.78 is 22.5. The van der Waals surface area contributed by atoms with Crippen molar-refractivity contribution in [2.24, 2.45) is 11.8 Å². The van der Waals surface area contributed by atoms with Crippen LogP contribution in [0.5, 0.6) is 0 Å². The minimum absolute atomic E-state index is 0.111. The molecule has 7 heteroatoms. The Morgan fingerprint density at radius 1 is 1.43 bits per heavy atom. The Bertz CT molecular complexity index is 778. The van der Waals surface area contributed by atoms with Gasteiger partial charge in [-0.3, -0.25) is 9.59 Å². The van der Waals surface area contributed by atoms with Crippen molar-refractivity contribution in [3.05, 3.63) is 35.6 Å². The van der Waals surface area contributed by atoms with Crippen molar-refractivity contribution in [3.8, 4) is 0 Å². The summed E-state index contributed by atoms with van der Waals surface area (Å²) in [6.07, 6.45) is 2.18. The number of carbonyl (C=O) groups is 3. The SMILES string of the molecule is C=C1C[C@@H]2OC(=O)[C@H](COC)[C@@H]2[C@@H](OC(=O)/C(C)=C\C)C[C@@]2(C)OC1=CC2=O. The van der Waals surface area contributed by atoms with Gasteiger partial charge in [-0.2, -0.15) is 0 Å². The van der Waals surface area contributed by atoms with Gasteiger partial charge in [0.25, 0.3) is 0 Å². The van der Waals surface area contributed by atoms with Gasteiger partial charge in [0.1, 0.15) is 18.0 Å². The molecule has 0 aromatic heterocycles. The molecule has 152 valence electrons. The van der Waals surface area contributed by atoms with Crippen LogP contribution in [0, 0.1) is 11.8 Å². The Balaban J connectivity index is 2.03. The Labute approximate surface area is 164 Å². The lowest BCUT2D eigenvalue weighted by Gasteiger charge is -2.33. The summed E-state index contributed by atoms with van der Waals surface area (Å²) in [5.41, 5.74) is -0.169. The molecule has 3 rings (SSSR count). The quantitative estimate of drug-likeness (QED) is 0.537. The van der Waals surface area contributed by atoms with E-state index in [-0.39, 0.29) is 18.8 Å². The van der Waals surface area contributed by atoms with E-state index in [0.29, 0.717) is 23.3 Å². The maximum Gasteiger partial charge on any atom is 0.333 e. The molecule has 5 atom stereocenters. The van der Waals surface area contributed by atoms with E-state index in [2.05, 4.69) is 6.58 Å². The van der Waals surface area contributed by atoms with E-state index in [1.54, 1.807) is 26.8 Å². The first-order valence-corrected chi connectivity index (χ1v) is 9.36. The Hall–Kier alpha value is -2.41. The second-order valence-electron chi connectivity index (χ2n) is 7.75. The number of allylic oxidation sites excluding steroid dienone is 2. The van der Waals surface area contributed by atoms with E-state index in [4.69, 9.17) is 18.9 Å². The third-order valence-electron chi connectivity index (χ3n) is 5.76. The molecule has 0 aromatic carbocycles. The minimum atomic E-state index is -1.19. The fraction of sp³-hybridized carbons (Fsp3) is 0.571. The number of ether oxygens (including phenoxy) is 4. The van der Waals surface area contributed by atoms with Gasteiger partial charge in [-0.25, -0.2) is 4.79 Å². The van der Waals surface area contributed by atoms with E-state index in [9.17, 15) is 14.4 Å². The van der Waals surface area contributed by atoms with Gasteiger partial charge in [-0.1, -0.05) is 12.7 Å². The van der Waals surface area contributed by atoms with Crippen LogP contribution in [0.1, 0.15) is 33.6 Å². The van der Waals surface area contributed by atoms with Crippen LogP contribution in [0.2, 0.25) is 0 Å². The van der Waals surface area contributed by atoms with Crippen LogP contribution in [-0.4, -0.2) is 49.2 Å². The average molecular weight is 390 g/mol. The number of rotatable bonds is 4. The van der Waals surface area contributed by atoms with E-state index >= 15 is 0 Å². The van der Waals surface area contributed by atoms with Crippen molar-refractivity contribution in [1.82, 2.24) is 0 Å². The molecule has 7 nitrogen and oxygen atoms in total. The lowest BCUT2D eigenvalue weighted by molar-refractivity contribution is -0.155. The first kappa shape index (κ1) is 20.3. The molecule has 3 heterocycles. The van der Waals surface area contributed by atoms with Crippen LogP contribution in [0.3, 0.4) is 0 Å². The number of ketones is 1.